The van der Waals surface area contributed by atoms with E-state index >= 15 is 0 Å². The summed E-state index contributed by atoms with van der Waals surface area (Å²) in [4.78, 5) is 11.2. The molecule has 0 saturated heterocycles. The minimum atomic E-state index is -0.665. The van der Waals surface area contributed by atoms with Crippen LogP contribution < -0.4 is 0 Å². The highest BCUT2D eigenvalue weighted by Gasteiger charge is 2.11. The Morgan fingerprint density at radius 2 is 2.31 bits per heavy atom. The molecule has 1 N–H and O–H groups in total. The molecule has 1 aromatic rings. The van der Waals surface area contributed by atoms with Crippen molar-refractivity contribution in [2.75, 3.05) is 13.7 Å². The maximum Gasteiger partial charge on any atom is 0.336 e. The average molecular weight is 336 g/mol. The van der Waals surface area contributed by atoms with Gasteiger partial charge in [0.05, 0.1) is 19.3 Å². The molecule has 1 aromatic carbocycles. The summed E-state index contributed by atoms with van der Waals surface area (Å²) in [6, 6.07) is 4.58. The van der Waals surface area contributed by atoms with Gasteiger partial charge in [0, 0.05) is 9.13 Å². The van der Waals surface area contributed by atoms with E-state index in [-0.39, 0.29) is 11.1 Å². The molecule has 0 spiro atoms. The van der Waals surface area contributed by atoms with E-state index in [4.69, 9.17) is 5.11 Å². The monoisotopic (exact) mass is 336 g/mol. The van der Waals surface area contributed by atoms with Crippen LogP contribution in [0.2, 0.25) is 0 Å². The standard InChI is InChI=1S/C11H10FIO3/c1-16-11(15)7(6-14)5-8-9(12)3-2-4-10(8)13/h2-5,14H,6H2,1H3/b7-5+. The number of benzene rings is 1. The van der Waals surface area contributed by atoms with Gasteiger partial charge in [0.2, 0.25) is 0 Å². The maximum atomic E-state index is 13.4. The SMILES string of the molecule is COC(=O)/C(=C/c1c(F)cccc1I)CO. The van der Waals surface area contributed by atoms with E-state index in [9.17, 15) is 9.18 Å². The Balaban J connectivity index is 3.18. The van der Waals surface area contributed by atoms with Crippen LogP contribution in [0.3, 0.4) is 0 Å². The third-order valence-corrected chi connectivity index (χ3v) is 2.88. The van der Waals surface area contributed by atoms with Crippen LogP contribution in [-0.4, -0.2) is 24.8 Å². The van der Waals surface area contributed by atoms with Crippen molar-refractivity contribution in [3.63, 3.8) is 0 Å². The third-order valence-electron chi connectivity index (χ3n) is 1.94. The van der Waals surface area contributed by atoms with Crippen molar-refractivity contribution < 1.29 is 19.0 Å². The first-order valence-corrected chi connectivity index (χ1v) is 5.51. The number of rotatable bonds is 3. The molecule has 0 heterocycles. The van der Waals surface area contributed by atoms with Crippen molar-refractivity contribution >= 4 is 34.6 Å². The molecule has 0 amide bonds. The Labute approximate surface area is 106 Å². The number of methoxy groups -OCH3 is 1. The molecule has 0 fully saturated rings. The van der Waals surface area contributed by atoms with Crippen molar-refractivity contribution in [3.8, 4) is 0 Å². The van der Waals surface area contributed by atoms with E-state index in [0.29, 0.717) is 3.57 Å². The predicted octanol–water partition coefficient (Wildman–Crippen LogP) is 1.98. The summed E-state index contributed by atoms with van der Waals surface area (Å²) in [6.07, 6.45) is 1.29. The number of ether oxygens (including phenoxy) is 1. The highest BCUT2D eigenvalue weighted by Crippen LogP contribution is 2.19. The molecule has 3 nitrogen and oxygen atoms in total. The van der Waals surface area contributed by atoms with E-state index in [1.54, 1.807) is 12.1 Å². The zero-order chi connectivity index (χ0) is 12.1. The molecule has 5 heteroatoms. The minimum Gasteiger partial charge on any atom is -0.466 e. The number of halogens is 2. The van der Waals surface area contributed by atoms with Gasteiger partial charge in [0.1, 0.15) is 5.82 Å². The lowest BCUT2D eigenvalue weighted by atomic mass is 10.1. The Morgan fingerprint density at radius 1 is 1.62 bits per heavy atom. The maximum absolute atomic E-state index is 13.4. The third kappa shape index (κ3) is 3.02. The second-order valence-corrected chi connectivity index (χ2v) is 4.12. The molecule has 1 rings (SSSR count). The predicted molar refractivity (Wildman–Crippen MR) is 66.2 cm³/mol. The number of hydrogen-bond acceptors (Lipinski definition) is 3. The van der Waals surface area contributed by atoms with Gasteiger partial charge in [-0.15, -0.1) is 0 Å². The number of aliphatic hydroxyl groups excluding tert-OH is 1. The first-order chi connectivity index (χ1) is 7.60. The Bertz CT molecular complexity index is 409. The van der Waals surface area contributed by atoms with Crippen molar-refractivity contribution in [2.24, 2.45) is 0 Å². The van der Waals surface area contributed by atoms with Crippen molar-refractivity contribution in [1.82, 2.24) is 0 Å². The molecule has 0 atom stereocenters. The van der Waals surface area contributed by atoms with Crippen LogP contribution in [-0.2, 0) is 9.53 Å². The van der Waals surface area contributed by atoms with E-state index in [1.807, 2.05) is 22.6 Å². The molecule has 0 aromatic heterocycles. The van der Waals surface area contributed by atoms with Crippen molar-refractivity contribution in [2.45, 2.75) is 0 Å². The topological polar surface area (TPSA) is 46.5 Å². The fraction of sp³-hybridized carbons (Fsp3) is 0.182. The number of aliphatic hydroxyl groups is 1. The van der Waals surface area contributed by atoms with Crippen LogP contribution in [0.15, 0.2) is 23.8 Å². The zero-order valence-electron chi connectivity index (χ0n) is 8.54. The van der Waals surface area contributed by atoms with Gasteiger partial charge in [-0.1, -0.05) is 6.07 Å². The van der Waals surface area contributed by atoms with Crippen LogP contribution in [0.25, 0.3) is 6.08 Å². The van der Waals surface area contributed by atoms with E-state index < -0.39 is 18.4 Å². The zero-order valence-corrected chi connectivity index (χ0v) is 10.7. The number of esters is 1. The Hall–Kier alpha value is -0.950. The summed E-state index contributed by atoms with van der Waals surface area (Å²) >= 11 is 1.95. The summed E-state index contributed by atoms with van der Waals surface area (Å²) < 4.78 is 18.6. The molecule has 0 aliphatic heterocycles. The van der Waals surface area contributed by atoms with Crippen LogP contribution >= 0.6 is 22.6 Å². The lowest BCUT2D eigenvalue weighted by Crippen LogP contribution is -2.08. The second-order valence-electron chi connectivity index (χ2n) is 2.95. The molecular weight excluding hydrogens is 326 g/mol. The first kappa shape index (κ1) is 13.1. The van der Waals surface area contributed by atoms with Crippen molar-refractivity contribution in [3.05, 3.63) is 38.7 Å². The molecule has 0 unspecified atom stereocenters. The Kier molecular flexibility index (Phi) is 4.88. The molecule has 0 bridgehead atoms. The number of carbonyl (C=O) groups excluding carboxylic acids is 1. The molecule has 16 heavy (non-hydrogen) atoms. The van der Waals surface area contributed by atoms with Gasteiger partial charge in [-0.2, -0.15) is 0 Å². The Morgan fingerprint density at radius 3 is 2.81 bits per heavy atom. The normalized spacial score (nSPS) is 11.4. The van der Waals surface area contributed by atoms with E-state index in [1.165, 1.54) is 19.3 Å². The molecule has 0 aliphatic carbocycles. The minimum absolute atomic E-state index is 0.0190. The van der Waals surface area contributed by atoms with Gasteiger partial charge in [-0.25, -0.2) is 9.18 Å². The number of carbonyl (C=O) groups is 1. The highest BCUT2D eigenvalue weighted by atomic mass is 127. The van der Waals surface area contributed by atoms with Gasteiger partial charge >= 0.3 is 5.97 Å². The quantitative estimate of drug-likeness (QED) is 0.522. The van der Waals surface area contributed by atoms with Crippen LogP contribution in [0, 0.1) is 9.39 Å². The molecule has 0 radical (unpaired) electrons. The van der Waals surface area contributed by atoms with Crippen molar-refractivity contribution in [1.29, 1.82) is 0 Å². The van der Waals surface area contributed by atoms with Gasteiger partial charge < -0.3 is 9.84 Å². The number of hydrogen-bond donors (Lipinski definition) is 1. The van der Waals surface area contributed by atoms with Crippen LogP contribution in [0.1, 0.15) is 5.56 Å². The summed E-state index contributed by atoms with van der Waals surface area (Å²) in [6.45, 7) is -0.489. The largest absolute Gasteiger partial charge is 0.466 e. The van der Waals surface area contributed by atoms with E-state index in [2.05, 4.69) is 4.74 Å². The second kappa shape index (κ2) is 5.95. The molecule has 0 saturated carbocycles. The van der Waals surface area contributed by atoms with Crippen LogP contribution in [0.5, 0.6) is 0 Å². The summed E-state index contributed by atoms with van der Waals surface area (Å²) in [5.41, 5.74) is 0.295. The van der Waals surface area contributed by atoms with Crippen LogP contribution in [0.4, 0.5) is 4.39 Å². The smallest absolute Gasteiger partial charge is 0.336 e. The lowest BCUT2D eigenvalue weighted by molar-refractivity contribution is -0.136. The van der Waals surface area contributed by atoms with Gasteiger partial charge in [-0.3, -0.25) is 0 Å². The fourth-order valence-corrected chi connectivity index (χ4v) is 1.74. The summed E-state index contributed by atoms with van der Waals surface area (Å²) in [7, 11) is 1.21. The molecule has 86 valence electrons. The van der Waals surface area contributed by atoms with Gasteiger partial charge in [0.25, 0.3) is 0 Å². The highest BCUT2D eigenvalue weighted by molar-refractivity contribution is 14.1. The summed E-state index contributed by atoms with van der Waals surface area (Å²) in [5.74, 6) is -1.11. The molecule has 0 aliphatic rings. The van der Waals surface area contributed by atoms with Gasteiger partial charge in [0.15, 0.2) is 0 Å². The average Bonchev–Trinajstić information content (AvgIpc) is 2.28. The van der Waals surface area contributed by atoms with Gasteiger partial charge in [-0.05, 0) is 40.8 Å². The molecular formula is C11H10FIO3. The van der Waals surface area contributed by atoms with E-state index in [0.717, 1.165) is 0 Å². The first-order valence-electron chi connectivity index (χ1n) is 4.44. The fourth-order valence-electron chi connectivity index (χ4n) is 1.12. The summed E-state index contributed by atoms with van der Waals surface area (Å²) in [5, 5.41) is 8.98. The lowest BCUT2D eigenvalue weighted by Gasteiger charge is -2.04.